The summed E-state index contributed by atoms with van der Waals surface area (Å²) in [4.78, 5) is 24.0. The number of hydrogen-bond acceptors (Lipinski definition) is 9. The smallest absolute Gasteiger partial charge is 0.335 e. The number of benzene rings is 2. The highest BCUT2D eigenvalue weighted by molar-refractivity contribution is 6.08. The van der Waals surface area contributed by atoms with Crippen LogP contribution in [0.25, 0.3) is 10.8 Å². The van der Waals surface area contributed by atoms with Gasteiger partial charge in [0.05, 0.1) is 22.8 Å². The van der Waals surface area contributed by atoms with Crippen LogP contribution in [0.15, 0.2) is 30.5 Å². The number of aliphatic hydroxyl groups is 3. The van der Waals surface area contributed by atoms with Crippen molar-refractivity contribution in [1.29, 1.82) is 0 Å². The van der Waals surface area contributed by atoms with Crippen LogP contribution in [0.5, 0.6) is 11.5 Å². The van der Waals surface area contributed by atoms with Crippen LogP contribution >= 0.6 is 0 Å². The Morgan fingerprint density at radius 3 is 2.59 bits per heavy atom. The third-order valence-corrected chi connectivity index (χ3v) is 7.78. The topological polar surface area (TPSA) is 163 Å². The molecule has 5 rings (SSSR count). The van der Waals surface area contributed by atoms with E-state index in [1.165, 1.54) is 19.3 Å². The summed E-state index contributed by atoms with van der Waals surface area (Å²) in [6.07, 6.45) is -0.926. The van der Waals surface area contributed by atoms with Gasteiger partial charge in [0.1, 0.15) is 35.4 Å². The Labute approximate surface area is 212 Å². The van der Waals surface area contributed by atoms with E-state index < -0.39 is 53.8 Å². The molecule has 10 heteroatoms. The van der Waals surface area contributed by atoms with Gasteiger partial charge in [0.15, 0.2) is 11.9 Å². The van der Waals surface area contributed by atoms with Gasteiger partial charge in [-0.3, -0.25) is 4.79 Å². The molecule has 0 spiro atoms. The molecule has 2 fully saturated rings. The number of aromatic hydroxyl groups is 1. The van der Waals surface area contributed by atoms with Crippen molar-refractivity contribution in [3.63, 3.8) is 0 Å². The molecule has 2 aliphatic heterocycles. The van der Waals surface area contributed by atoms with Gasteiger partial charge in [0, 0.05) is 5.92 Å². The third-order valence-electron chi connectivity index (χ3n) is 7.78. The lowest BCUT2D eigenvalue weighted by atomic mass is 9.70. The van der Waals surface area contributed by atoms with Gasteiger partial charge in [0.25, 0.3) is 0 Å². The minimum Gasteiger partial charge on any atom is -0.506 e. The molecule has 10 nitrogen and oxygen atoms in total. The van der Waals surface area contributed by atoms with Gasteiger partial charge in [-0.05, 0) is 55.8 Å². The van der Waals surface area contributed by atoms with Crippen LogP contribution in [-0.2, 0) is 9.47 Å². The number of fused-ring (bicyclic) bond motifs is 4. The molecule has 2 aromatic rings. The Hall–Kier alpha value is -3.18. The molecule has 0 aromatic heterocycles. The van der Waals surface area contributed by atoms with Crippen molar-refractivity contribution < 1.29 is 49.3 Å². The molecule has 0 bridgehead atoms. The number of hydrogen-bond donors (Lipinski definition) is 5. The fourth-order valence-corrected chi connectivity index (χ4v) is 5.95. The van der Waals surface area contributed by atoms with E-state index in [0.717, 1.165) is 18.9 Å². The highest BCUT2D eigenvalue weighted by Gasteiger charge is 2.58. The van der Waals surface area contributed by atoms with E-state index in [0.29, 0.717) is 23.8 Å². The number of ether oxygens (including phenoxy) is 3. The van der Waals surface area contributed by atoms with Crippen LogP contribution in [0.3, 0.4) is 0 Å². The molecule has 0 amide bonds. The van der Waals surface area contributed by atoms with Gasteiger partial charge in [-0.15, -0.1) is 0 Å². The number of aromatic carboxylic acids is 1. The molecule has 198 valence electrons. The zero-order valence-electron chi connectivity index (χ0n) is 20.5. The molecule has 2 heterocycles. The molecule has 0 radical (unpaired) electrons. The first-order valence-electron chi connectivity index (χ1n) is 12.3. The van der Waals surface area contributed by atoms with E-state index in [9.17, 15) is 35.1 Å². The van der Waals surface area contributed by atoms with E-state index in [-0.39, 0.29) is 28.2 Å². The van der Waals surface area contributed by atoms with Crippen molar-refractivity contribution in [2.45, 2.75) is 75.8 Å². The fourth-order valence-electron chi connectivity index (χ4n) is 5.95. The summed E-state index contributed by atoms with van der Waals surface area (Å²) in [5, 5.41) is 54.5. The maximum atomic E-state index is 12.2. The average Bonchev–Trinajstić information content (AvgIpc) is 2.97. The van der Waals surface area contributed by atoms with E-state index >= 15 is 0 Å². The molecule has 0 unspecified atom stereocenters. The first-order valence-corrected chi connectivity index (χ1v) is 12.3. The molecule has 1 saturated heterocycles. The first-order chi connectivity index (χ1) is 17.5. The molecule has 37 heavy (non-hydrogen) atoms. The Morgan fingerprint density at radius 2 is 1.89 bits per heavy atom. The van der Waals surface area contributed by atoms with Crippen LogP contribution in [0.4, 0.5) is 0 Å². The van der Waals surface area contributed by atoms with Crippen molar-refractivity contribution in [2.75, 3.05) is 0 Å². The van der Waals surface area contributed by atoms with Crippen molar-refractivity contribution in [2.24, 2.45) is 5.92 Å². The monoisotopic (exact) mass is 514 g/mol. The normalized spacial score (nSPS) is 33.1. The molecule has 1 aliphatic carbocycles. The second-order valence-corrected chi connectivity index (χ2v) is 10.1. The summed E-state index contributed by atoms with van der Waals surface area (Å²) in [6, 6.07) is 4.06. The highest BCUT2D eigenvalue weighted by atomic mass is 16.7. The summed E-state index contributed by atoms with van der Waals surface area (Å²) in [5.74, 6) is -2.50. The third kappa shape index (κ3) is 4.14. The summed E-state index contributed by atoms with van der Waals surface area (Å²) < 4.78 is 17.7. The van der Waals surface area contributed by atoms with Crippen LogP contribution in [0.1, 0.15) is 58.9 Å². The second-order valence-electron chi connectivity index (χ2n) is 10.1. The lowest BCUT2D eigenvalue weighted by Crippen LogP contribution is -2.67. The zero-order valence-corrected chi connectivity index (χ0v) is 20.5. The number of aliphatic hydroxyl groups excluding tert-OH is 2. The van der Waals surface area contributed by atoms with Crippen LogP contribution in [-0.4, -0.2) is 73.6 Å². The largest absolute Gasteiger partial charge is 0.506 e. The number of carboxylic acids is 1. The van der Waals surface area contributed by atoms with Crippen molar-refractivity contribution in [3.8, 4) is 11.5 Å². The van der Waals surface area contributed by atoms with Crippen molar-refractivity contribution in [3.05, 3.63) is 47.2 Å². The SMILES string of the molecule is CC(=O)c1c(C)cc2cc(C(=O)O)cc(O[C@@H]3O[C@H]4[C@@H](OC=C[C@@H]5CCCC[C@@]54O)[C@H](O)[C@H]3O)c2c1O. The maximum absolute atomic E-state index is 12.2. The zero-order chi connectivity index (χ0) is 26.6. The number of ketones is 1. The summed E-state index contributed by atoms with van der Waals surface area (Å²) in [7, 11) is 0. The maximum Gasteiger partial charge on any atom is 0.335 e. The standard InChI is InChI=1S/C27H30O10/c1-12-9-14-10-15(25(32)33)11-17(19(14)20(29)18(12)13(2)28)36-26-22(31)21(30)23-24(37-26)27(34)7-4-3-5-16(27)6-8-35-23/h6,8-11,16,21-24,26,29-31,34H,3-5,7H2,1-2H3,(H,32,33)/t16-,21+,22+,23-,24-,26+,27+/m0/s1. The number of phenols is 1. The van der Waals surface area contributed by atoms with Crippen LogP contribution in [0, 0.1) is 12.8 Å². The Bertz CT molecular complexity index is 1290. The number of carbonyl (C=O) groups is 2. The molecular formula is C27H30O10. The second kappa shape index (κ2) is 9.29. The predicted octanol–water partition coefficient (Wildman–Crippen LogP) is 2.41. The number of carboxylic acid groups (broad SMARTS) is 1. The molecule has 3 aliphatic rings. The lowest BCUT2D eigenvalue weighted by molar-refractivity contribution is -0.310. The van der Waals surface area contributed by atoms with Crippen molar-refractivity contribution >= 4 is 22.5 Å². The Balaban J connectivity index is 1.59. The van der Waals surface area contributed by atoms with Gasteiger partial charge >= 0.3 is 5.97 Å². The average molecular weight is 515 g/mol. The molecular weight excluding hydrogens is 484 g/mol. The van der Waals surface area contributed by atoms with Gasteiger partial charge in [-0.25, -0.2) is 4.79 Å². The minimum atomic E-state index is -1.64. The number of rotatable bonds is 4. The Morgan fingerprint density at radius 1 is 1.14 bits per heavy atom. The van der Waals surface area contributed by atoms with E-state index in [1.807, 2.05) is 0 Å². The minimum absolute atomic E-state index is 0.0493. The molecule has 5 N–H and O–H groups in total. The summed E-state index contributed by atoms with van der Waals surface area (Å²) in [6.45, 7) is 2.92. The van der Waals surface area contributed by atoms with E-state index in [1.54, 1.807) is 19.1 Å². The van der Waals surface area contributed by atoms with E-state index in [2.05, 4.69) is 0 Å². The first kappa shape index (κ1) is 25.5. The van der Waals surface area contributed by atoms with Gasteiger partial charge in [-0.1, -0.05) is 18.9 Å². The van der Waals surface area contributed by atoms with Crippen molar-refractivity contribution in [1.82, 2.24) is 0 Å². The molecule has 7 atom stereocenters. The predicted molar refractivity (Wildman–Crippen MR) is 130 cm³/mol. The Kier molecular flexibility index (Phi) is 6.39. The quantitative estimate of drug-likeness (QED) is 0.383. The lowest BCUT2D eigenvalue weighted by Gasteiger charge is -2.50. The number of aryl methyl sites for hydroxylation is 1. The summed E-state index contributed by atoms with van der Waals surface area (Å²) >= 11 is 0. The number of phenolic OH excluding ortho intramolecular Hbond substituents is 1. The molecule has 1 saturated carbocycles. The van der Waals surface area contributed by atoms with Gasteiger partial charge in [-0.2, -0.15) is 0 Å². The van der Waals surface area contributed by atoms with Gasteiger partial charge in [0.2, 0.25) is 6.29 Å². The van der Waals surface area contributed by atoms with E-state index in [4.69, 9.17) is 14.2 Å². The van der Waals surface area contributed by atoms with Crippen LogP contribution in [0.2, 0.25) is 0 Å². The fraction of sp³-hybridized carbons (Fsp3) is 0.481. The highest BCUT2D eigenvalue weighted by Crippen LogP contribution is 2.46. The molecule has 2 aromatic carbocycles. The van der Waals surface area contributed by atoms with Crippen LogP contribution < -0.4 is 4.74 Å². The number of carbonyl (C=O) groups excluding carboxylic acids is 1. The van der Waals surface area contributed by atoms with Gasteiger partial charge < -0.3 is 39.7 Å². The number of Topliss-reactive ketones (excluding diaryl/α,β-unsaturated/α-hetero) is 1. The summed E-state index contributed by atoms with van der Waals surface area (Å²) in [5.41, 5.74) is -1.04.